The van der Waals surface area contributed by atoms with Crippen LogP contribution in [0.5, 0.6) is 5.75 Å². The molecule has 0 aliphatic rings. The summed E-state index contributed by atoms with van der Waals surface area (Å²) < 4.78 is 5.22. The van der Waals surface area contributed by atoms with Gasteiger partial charge in [-0.2, -0.15) is 5.10 Å². The van der Waals surface area contributed by atoms with Crippen molar-refractivity contribution in [3.8, 4) is 5.75 Å². The molecule has 0 bridgehead atoms. The van der Waals surface area contributed by atoms with E-state index >= 15 is 0 Å². The van der Waals surface area contributed by atoms with Crippen molar-refractivity contribution in [1.82, 2.24) is 5.43 Å². The predicted molar refractivity (Wildman–Crippen MR) is 83.2 cm³/mol. The number of hydrogen-bond donors (Lipinski definition) is 2. The molecule has 2 rings (SSSR count). The lowest BCUT2D eigenvalue weighted by molar-refractivity contribution is 0.0734. The quantitative estimate of drug-likeness (QED) is 0.393. The van der Waals surface area contributed by atoms with Crippen LogP contribution in [0.1, 0.15) is 15.9 Å². The third kappa shape index (κ3) is 4.60. The number of ether oxygens (including phenoxy) is 1. The van der Waals surface area contributed by atoms with Gasteiger partial charge in [0.25, 0.3) is 0 Å². The fraction of sp³-hybridized carbons (Fsp3) is 0. The van der Waals surface area contributed by atoms with Crippen LogP contribution in [0.4, 0.5) is 4.79 Å². The Hall–Kier alpha value is -2.86. The standard InChI is InChI=1S/C15H12ClN3O3/c16-12-5-3-11(4-6-12)14(20)22-13-7-1-10(2-8-13)9-18-19-15(17)21/h1-9H,(H3,17,19,21)/b18-9+. The van der Waals surface area contributed by atoms with Crippen LogP contribution in [0.15, 0.2) is 53.6 Å². The maximum atomic E-state index is 11.9. The number of hydrazone groups is 1. The highest BCUT2D eigenvalue weighted by atomic mass is 35.5. The monoisotopic (exact) mass is 317 g/mol. The molecule has 2 amide bonds. The first-order valence-corrected chi connectivity index (χ1v) is 6.59. The molecule has 0 spiro atoms. The molecule has 6 nitrogen and oxygen atoms in total. The summed E-state index contributed by atoms with van der Waals surface area (Å²) in [5.74, 6) is -0.0894. The molecule has 0 aliphatic carbocycles. The number of benzene rings is 2. The van der Waals surface area contributed by atoms with Gasteiger partial charge in [-0.05, 0) is 54.1 Å². The van der Waals surface area contributed by atoms with E-state index in [0.29, 0.717) is 21.9 Å². The summed E-state index contributed by atoms with van der Waals surface area (Å²) in [7, 11) is 0. The van der Waals surface area contributed by atoms with Crippen LogP contribution in [0.25, 0.3) is 0 Å². The zero-order valence-electron chi connectivity index (χ0n) is 11.3. The van der Waals surface area contributed by atoms with Crippen LogP contribution < -0.4 is 15.9 Å². The summed E-state index contributed by atoms with van der Waals surface area (Å²) in [5, 5.41) is 4.16. The second-order valence-corrected chi connectivity index (χ2v) is 4.64. The molecule has 7 heteroatoms. The first-order chi connectivity index (χ1) is 10.5. The van der Waals surface area contributed by atoms with Gasteiger partial charge in [0.1, 0.15) is 5.75 Å². The Morgan fingerprint density at radius 3 is 2.32 bits per heavy atom. The number of halogens is 1. The number of amides is 2. The highest BCUT2D eigenvalue weighted by Gasteiger charge is 2.08. The number of esters is 1. The summed E-state index contributed by atoms with van der Waals surface area (Å²) in [6.07, 6.45) is 1.41. The molecule has 0 aromatic heterocycles. The first-order valence-electron chi connectivity index (χ1n) is 6.21. The van der Waals surface area contributed by atoms with Crippen molar-refractivity contribution in [1.29, 1.82) is 0 Å². The predicted octanol–water partition coefficient (Wildman–Crippen LogP) is 2.56. The maximum absolute atomic E-state index is 11.9. The van der Waals surface area contributed by atoms with Crippen LogP contribution in [-0.4, -0.2) is 18.2 Å². The third-order valence-corrected chi connectivity index (χ3v) is 2.81. The number of carbonyl (C=O) groups excluding carboxylic acids is 2. The number of rotatable bonds is 4. The number of nitrogens with one attached hydrogen (secondary N) is 1. The highest BCUT2D eigenvalue weighted by molar-refractivity contribution is 6.30. The average Bonchev–Trinajstić information content (AvgIpc) is 2.49. The number of primary amides is 1. The van der Waals surface area contributed by atoms with E-state index in [1.165, 1.54) is 6.21 Å². The van der Waals surface area contributed by atoms with E-state index < -0.39 is 12.0 Å². The molecule has 2 aromatic rings. The van der Waals surface area contributed by atoms with Crippen molar-refractivity contribution in [3.63, 3.8) is 0 Å². The van der Waals surface area contributed by atoms with Crippen molar-refractivity contribution in [2.24, 2.45) is 10.8 Å². The molecule has 0 atom stereocenters. The lowest BCUT2D eigenvalue weighted by atomic mass is 10.2. The molecule has 0 saturated heterocycles. The fourth-order valence-corrected chi connectivity index (χ4v) is 1.67. The minimum atomic E-state index is -0.746. The Morgan fingerprint density at radius 1 is 1.09 bits per heavy atom. The summed E-state index contributed by atoms with van der Waals surface area (Å²) >= 11 is 5.76. The van der Waals surface area contributed by atoms with Gasteiger partial charge in [0.15, 0.2) is 0 Å². The SMILES string of the molecule is NC(=O)N/N=C/c1ccc(OC(=O)c2ccc(Cl)cc2)cc1. The molecular weight excluding hydrogens is 306 g/mol. The van der Waals surface area contributed by atoms with Gasteiger partial charge in [0.05, 0.1) is 11.8 Å². The number of hydrogen-bond acceptors (Lipinski definition) is 4. The summed E-state index contributed by atoms with van der Waals surface area (Å²) in [6.45, 7) is 0. The van der Waals surface area contributed by atoms with Gasteiger partial charge in [0, 0.05) is 5.02 Å². The lowest BCUT2D eigenvalue weighted by Crippen LogP contribution is -2.24. The largest absolute Gasteiger partial charge is 0.423 e. The molecule has 0 unspecified atom stereocenters. The van der Waals surface area contributed by atoms with Crippen LogP contribution in [0.3, 0.4) is 0 Å². The zero-order chi connectivity index (χ0) is 15.9. The first kappa shape index (κ1) is 15.5. The molecule has 22 heavy (non-hydrogen) atoms. The molecule has 0 radical (unpaired) electrons. The Kier molecular flexibility index (Phi) is 5.11. The van der Waals surface area contributed by atoms with E-state index in [-0.39, 0.29) is 0 Å². The van der Waals surface area contributed by atoms with E-state index in [2.05, 4.69) is 10.5 Å². The lowest BCUT2D eigenvalue weighted by Gasteiger charge is -2.04. The van der Waals surface area contributed by atoms with Gasteiger partial charge < -0.3 is 10.5 Å². The molecular formula is C15H12ClN3O3. The highest BCUT2D eigenvalue weighted by Crippen LogP contribution is 2.15. The molecule has 0 saturated carbocycles. The maximum Gasteiger partial charge on any atom is 0.343 e. The van der Waals surface area contributed by atoms with Crippen molar-refractivity contribution in [2.45, 2.75) is 0 Å². The van der Waals surface area contributed by atoms with E-state index in [9.17, 15) is 9.59 Å². The van der Waals surface area contributed by atoms with Gasteiger partial charge in [-0.25, -0.2) is 15.0 Å². The Morgan fingerprint density at radius 2 is 1.73 bits per heavy atom. The summed E-state index contributed by atoms with van der Waals surface area (Å²) in [4.78, 5) is 22.4. The molecule has 3 N–H and O–H groups in total. The Labute approximate surface area is 131 Å². The molecule has 112 valence electrons. The van der Waals surface area contributed by atoms with Gasteiger partial charge in [-0.3, -0.25) is 0 Å². The van der Waals surface area contributed by atoms with Crippen molar-refractivity contribution in [3.05, 3.63) is 64.7 Å². The van der Waals surface area contributed by atoms with E-state index in [1.54, 1.807) is 48.5 Å². The van der Waals surface area contributed by atoms with E-state index in [0.717, 1.165) is 0 Å². The van der Waals surface area contributed by atoms with Gasteiger partial charge in [-0.15, -0.1) is 0 Å². The van der Waals surface area contributed by atoms with Crippen molar-refractivity contribution >= 4 is 29.8 Å². The van der Waals surface area contributed by atoms with Crippen LogP contribution in [-0.2, 0) is 0 Å². The molecule has 0 heterocycles. The second kappa shape index (κ2) is 7.24. The zero-order valence-corrected chi connectivity index (χ0v) is 12.1. The molecule has 0 fully saturated rings. The van der Waals surface area contributed by atoms with Gasteiger partial charge >= 0.3 is 12.0 Å². The smallest absolute Gasteiger partial charge is 0.343 e. The minimum absolute atomic E-state index is 0.389. The second-order valence-electron chi connectivity index (χ2n) is 4.20. The van der Waals surface area contributed by atoms with Gasteiger partial charge in [-0.1, -0.05) is 11.6 Å². The van der Waals surface area contributed by atoms with E-state index in [1.807, 2.05) is 0 Å². The van der Waals surface area contributed by atoms with Crippen molar-refractivity contribution in [2.75, 3.05) is 0 Å². The number of nitrogens with zero attached hydrogens (tertiary/aromatic N) is 1. The number of carbonyl (C=O) groups is 2. The molecule has 2 aromatic carbocycles. The Bertz CT molecular complexity index is 697. The van der Waals surface area contributed by atoms with Crippen LogP contribution in [0, 0.1) is 0 Å². The van der Waals surface area contributed by atoms with Crippen LogP contribution in [0.2, 0.25) is 5.02 Å². The summed E-state index contributed by atoms with van der Waals surface area (Å²) in [5.41, 5.74) is 8.06. The van der Waals surface area contributed by atoms with Crippen LogP contribution >= 0.6 is 11.6 Å². The minimum Gasteiger partial charge on any atom is -0.423 e. The third-order valence-electron chi connectivity index (χ3n) is 2.56. The number of urea groups is 1. The van der Waals surface area contributed by atoms with Gasteiger partial charge in [0.2, 0.25) is 0 Å². The normalized spacial score (nSPS) is 10.4. The summed E-state index contributed by atoms with van der Waals surface area (Å²) in [6, 6.07) is 12.2. The Balaban J connectivity index is 1.98. The van der Waals surface area contributed by atoms with Crippen molar-refractivity contribution < 1.29 is 14.3 Å². The van der Waals surface area contributed by atoms with E-state index in [4.69, 9.17) is 22.1 Å². The topological polar surface area (TPSA) is 93.8 Å². The average molecular weight is 318 g/mol. The fourth-order valence-electron chi connectivity index (χ4n) is 1.54. The number of nitrogens with two attached hydrogens (primary N) is 1. The molecule has 0 aliphatic heterocycles.